The zero-order chi connectivity index (χ0) is 13.9. The van der Waals surface area contributed by atoms with Crippen LogP contribution < -0.4 is 5.32 Å². The number of halogens is 1. The molecule has 1 aliphatic heterocycles. The van der Waals surface area contributed by atoms with Crippen LogP contribution in [-0.2, 0) is 15.6 Å². The Kier molecular flexibility index (Phi) is 5.28. The van der Waals surface area contributed by atoms with E-state index in [0.29, 0.717) is 10.7 Å². The summed E-state index contributed by atoms with van der Waals surface area (Å²) in [5, 5.41) is 3.12. The number of hydrogen-bond acceptors (Lipinski definition) is 4. The molecule has 19 heavy (non-hydrogen) atoms. The van der Waals surface area contributed by atoms with Crippen LogP contribution in [0.25, 0.3) is 0 Å². The van der Waals surface area contributed by atoms with Crippen molar-refractivity contribution in [3.63, 3.8) is 0 Å². The third kappa shape index (κ3) is 4.73. The lowest BCUT2D eigenvalue weighted by Crippen LogP contribution is -2.32. The summed E-state index contributed by atoms with van der Waals surface area (Å²) in [5.74, 6) is 1.23. The molecule has 0 bridgehead atoms. The summed E-state index contributed by atoms with van der Waals surface area (Å²) in [4.78, 5) is 0. The molecule has 3 nitrogen and oxygen atoms in total. The van der Waals surface area contributed by atoms with E-state index in [-0.39, 0.29) is 17.5 Å². The molecule has 0 radical (unpaired) electrons. The maximum Gasteiger partial charge on any atom is 0.152 e. The van der Waals surface area contributed by atoms with Crippen molar-refractivity contribution in [3.8, 4) is 0 Å². The number of sulfone groups is 1. The minimum Gasteiger partial charge on any atom is -0.367 e. The molecule has 1 aromatic rings. The summed E-state index contributed by atoms with van der Waals surface area (Å²) in [6, 6.07) is 7.97. The van der Waals surface area contributed by atoms with Gasteiger partial charge >= 0.3 is 0 Å². The molecular formula is C12H14BrNO2S3. The Balaban J connectivity index is 1.81. The second-order valence-electron chi connectivity index (χ2n) is 4.41. The maximum absolute atomic E-state index is 11.4. The Labute approximate surface area is 131 Å². The molecule has 1 fully saturated rings. The molecule has 1 heterocycles. The van der Waals surface area contributed by atoms with Crippen LogP contribution >= 0.6 is 39.9 Å². The molecular weight excluding hydrogens is 366 g/mol. The van der Waals surface area contributed by atoms with E-state index in [9.17, 15) is 8.42 Å². The van der Waals surface area contributed by atoms with Crippen LogP contribution in [0, 0.1) is 0 Å². The van der Waals surface area contributed by atoms with Crippen molar-refractivity contribution in [3.05, 3.63) is 34.3 Å². The highest BCUT2D eigenvalue weighted by Crippen LogP contribution is 2.22. The fourth-order valence-corrected chi connectivity index (χ4v) is 5.29. The fraction of sp³-hybridized carbons (Fsp3) is 0.417. The second-order valence-corrected chi connectivity index (χ2v) is 9.15. The number of hydrogen-bond donors (Lipinski definition) is 1. The predicted octanol–water partition coefficient (Wildman–Crippen LogP) is 2.74. The lowest BCUT2D eigenvalue weighted by molar-refractivity contribution is 0.600. The second kappa shape index (κ2) is 6.56. The molecule has 104 valence electrons. The maximum atomic E-state index is 11.4. The van der Waals surface area contributed by atoms with Gasteiger partial charge in [-0.3, -0.25) is 0 Å². The van der Waals surface area contributed by atoms with Crippen molar-refractivity contribution < 1.29 is 8.42 Å². The predicted molar refractivity (Wildman–Crippen MR) is 88.2 cm³/mol. The van der Waals surface area contributed by atoms with Gasteiger partial charge in [-0.25, -0.2) is 8.42 Å². The Bertz CT molecular complexity index is 574. The lowest BCUT2D eigenvalue weighted by atomic mass is 10.2. The zero-order valence-corrected chi connectivity index (χ0v) is 14.2. The molecule has 0 saturated carbocycles. The average molecular weight is 380 g/mol. The van der Waals surface area contributed by atoms with Gasteiger partial charge in [0, 0.05) is 16.3 Å². The molecule has 7 heteroatoms. The highest BCUT2D eigenvalue weighted by Gasteiger charge is 2.28. The van der Waals surface area contributed by atoms with Crippen molar-refractivity contribution in [1.82, 2.24) is 5.32 Å². The molecule has 1 aliphatic rings. The Morgan fingerprint density at radius 2 is 2.21 bits per heavy atom. The Hall–Kier alpha value is -0.110. The summed E-state index contributed by atoms with van der Waals surface area (Å²) in [5.41, 5.74) is 1.18. The first-order valence-corrected chi connectivity index (χ1v) is 9.84. The van der Waals surface area contributed by atoms with Crippen molar-refractivity contribution >= 4 is 54.1 Å². The van der Waals surface area contributed by atoms with Crippen LogP contribution in [0.4, 0.5) is 0 Å². The smallest absolute Gasteiger partial charge is 0.152 e. The highest BCUT2D eigenvalue weighted by atomic mass is 79.9. The number of thioether (sulfide) groups is 1. The third-order valence-electron chi connectivity index (χ3n) is 2.87. The normalized spacial score (nSPS) is 21.2. The fourth-order valence-electron chi connectivity index (χ4n) is 1.88. The van der Waals surface area contributed by atoms with Crippen LogP contribution in [-0.4, -0.2) is 30.3 Å². The quantitative estimate of drug-likeness (QED) is 0.818. The molecule has 0 aromatic heterocycles. The Morgan fingerprint density at radius 3 is 2.84 bits per heavy atom. The molecule has 1 saturated heterocycles. The Morgan fingerprint density at radius 1 is 1.47 bits per heavy atom. The summed E-state index contributed by atoms with van der Waals surface area (Å²) < 4.78 is 24.4. The van der Waals surface area contributed by atoms with Gasteiger partial charge in [-0.1, -0.05) is 58.1 Å². The third-order valence-corrected chi connectivity index (χ3v) is 6.72. The summed E-state index contributed by atoms with van der Waals surface area (Å²) in [7, 11) is -2.85. The largest absolute Gasteiger partial charge is 0.367 e. The van der Waals surface area contributed by atoms with E-state index in [1.165, 1.54) is 17.3 Å². The molecule has 0 aliphatic carbocycles. The van der Waals surface area contributed by atoms with Gasteiger partial charge in [0.2, 0.25) is 0 Å². The van der Waals surface area contributed by atoms with E-state index in [0.717, 1.165) is 10.2 Å². The van der Waals surface area contributed by atoms with Gasteiger partial charge in [0.15, 0.2) is 9.84 Å². The van der Waals surface area contributed by atoms with Crippen molar-refractivity contribution in [1.29, 1.82) is 0 Å². The van der Waals surface area contributed by atoms with E-state index in [1.54, 1.807) is 0 Å². The minimum atomic E-state index is -2.85. The SMILES string of the molecule is O=S1(=O)CC[C@H](NC(=S)SCc2ccccc2Br)C1. The van der Waals surface area contributed by atoms with Gasteiger partial charge in [0.25, 0.3) is 0 Å². The van der Waals surface area contributed by atoms with E-state index >= 15 is 0 Å². The monoisotopic (exact) mass is 379 g/mol. The van der Waals surface area contributed by atoms with Crippen molar-refractivity contribution in [2.24, 2.45) is 0 Å². The lowest BCUT2D eigenvalue weighted by Gasteiger charge is -2.13. The van der Waals surface area contributed by atoms with Crippen LogP contribution in [0.5, 0.6) is 0 Å². The van der Waals surface area contributed by atoms with Gasteiger partial charge < -0.3 is 5.32 Å². The summed E-state index contributed by atoms with van der Waals surface area (Å²) >= 11 is 10.3. The zero-order valence-electron chi connectivity index (χ0n) is 10.1. The number of thiocarbonyl (C=S) groups is 1. The van der Waals surface area contributed by atoms with Gasteiger partial charge in [0.1, 0.15) is 4.32 Å². The van der Waals surface area contributed by atoms with Crippen LogP contribution in [0.3, 0.4) is 0 Å². The van der Waals surface area contributed by atoms with Gasteiger partial charge in [-0.05, 0) is 18.1 Å². The van der Waals surface area contributed by atoms with Gasteiger partial charge in [-0.2, -0.15) is 0 Å². The van der Waals surface area contributed by atoms with Crippen molar-refractivity contribution in [2.75, 3.05) is 11.5 Å². The molecule has 0 spiro atoms. The molecule has 1 aromatic carbocycles. The first-order valence-electron chi connectivity index (χ1n) is 5.83. The van der Waals surface area contributed by atoms with Gasteiger partial charge in [0.05, 0.1) is 11.5 Å². The van der Waals surface area contributed by atoms with Gasteiger partial charge in [-0.15, -0.1) is 0 Å². The summed E-state index contributed by atoms with van der Waals surface area (Å²) in [6.45, 7) is 0. The van der Waals surface area contributed by atoms with Crippen LogP contribution in [0.15, 0.2) is 28.7 Å². The molecule has 1 N–H and O–H groups in total. The average Bonchev–Trinajstić information content (AvgIpc) is 2.67. The van der Waals surface area contributed by atoms with Crippen LogP contribution in [0.2, 0.25) is 0 Å². The molecule has 0 unspecified atom stereocenters. The number of nitrogens with one attached hydrogen (secondary N) is 1. The van der Waals surface area contributed by atoms with E-state index < -0.39 is 9.84 Å². The van der Waals surface area contributed by atoms with E-state index in [2.05, 4.69) is 21.2 Å². The number of rotatable bonds is 3. The molecule has 2 rings (SSSR count). The van der Waals surface area contributed by atoms with E-state index in [4.69, 9.17) is 12.2 Å². The van der Waals surface area contributed by atoms with E-state index in [1.807, 2.05) is 24.3 Å². The highest BCUT2D eigenvalue weighted by molar-refractivity contribution is 9.10. The minimum absolute atomic E-state index is 0.0239. The van der Waals surface area contributed by atoms with Crippen molar-refractivity contribution in [2.45, 2.75) is 18.2 Å². The molecule has 0 amide bonds. The topological polar surface area (TPSA) is 46.2 Å². The summed E-state index contributed by atoms with van der Waals surface area (Å²) in [6.07, 6.45) is 0.651. The number of benzene rings is 1. The molecule has 1 atom stereocenters. The first-order chi connectivity index (χ1) is 8.96. The first kappa shape index (κ1) is 15.3. The van der Waals surface area contributed by atoms with Crippen LogP contribution in [0.1, 0.15) is 12.0 Å². The standard InChI is InChI=1S/C12H14BrNO2S3/c13-11-4-2-1-3-9(11)7-18-12(17)14-10-5-6-19(15,16)8-10/h1-4,10H,5-8H2,(H,14,17)/t10-/m0/s1.